The Morgan fingerprint density at radius 1 is 1.22 bits per heavy atom. The van der Waals surface area contributed by atoms with E-state index in [4.69, 9.17) is 0 Å². The van der Waals surface area contributed by atoms with Crippen LogP contribution in [-0.4, -0.2) is 26.8 Å². The molecular weight excluding hydrogens is 354 g/mol. The molecule has 5 unspecified atom stereocenters. The first-order chi connectivity index (χ1) is 13.0. The number of fused-ring (bicyclic) bond motifs is 2. The molecule has 1 aromatic heterocycles. The summed E-state index contributed by atoms with van der Waals surface area (Å²) in [6, 6.07) is 10.5. The monoisotopic (exact) mass is 383 g/mol. The van der Waals surface area contributed by atoms with E-state index in [0.29, 0.717) is 5.92 Å². The van der Waals surface area contributed by atoms with Gasteiger partial charge in [-0.15, -0.1) is 0 Å². The number of imidazole rings is 1. The van der Waals surface area contributed by atoms with Gasteiger partial charge in [-0.25, -0.2) is 4.98 Å². The summed E-state index contributed by atoms with van der Waals surface area (Å²) >= 11 is 1.53. The van der Waals surface area contributed by atoms with Crippen LogP contribution in [0, 0.1) is 17.8 Å². The maximum Gasteiger partial charge on any atom is 0.233 e. The molecule has 1 heterocycles. The highest BCUT2D eigenvalue weighted by atomic mass is 32.2. The van der Waals surface area contributed by atoms with E-state index in [0.717, 1.165) is 28.2 Å². The lowest BCUT2D eigenvalue weighted by Crippen LogP contribution is -2.43. The predicted octanol–water partition coefficient (Wildman–Crippen LogP) is 4.51. The molecule has 2 saturated carbocycles. The van der Waals surface area contributed by atoms with E-state index in [-0.39, 0.29) is 17.2 Å². The number of carbonyl (C=O) groups is 1. The Labute approximate surface area is 166 Å². The molecule has 2 aliphatic rings. The zero-order valence-electron chi connectivity index (χ0n) is 16.4. The molecule has 1 N–H and O–H groups in total. The standard InChI is InChI=1S/C22H29N3OS/c1-14(19-12-16-9-10-18(19)11-16)24-21(26)15(2)27-22-23-13-20(25(22)3)17-7-5-4-6-8-17/h4-8,13-16,18-19H,9-12H2,1-3H3,(H,24,26). The van der Waals surface area contributed by atoms with Crippen molar-refractivity contribution >= 4 is 17.7 Å². The van der Waals surface area contributed by atoms with Gasteiger partial charge in [0.15, 0.2) is 5.16 Å². The van der Waals surface area contributed by atoms with Crippen molar-refractivity contribution in [2.24, 2.45) is 24.8 Å². The van der Waals surface area contributed by atoms with Crippen molar-refractivity contribution in [3.05, 3.63) is 36.5 Å². The van der Waals surface area contributed by atoms with Crippen LogP contribution < -0.4 is 5.32 Å². The lowest BCUT2D eigenvalue weighted by atomic mass is 9.84. The third-order valence-corrected chi connectivity index (χ3v) is 7.63. The summed E-state index contributed by atoms with van der Waals surface area (Å²) in [5, 5.41) is 4.01. The van der Waals surface area contributed by atoms with Crippen molar-refractivity contribution in [1.82, 2.24) is 14.9 Å². The van der Waals surface area contributed by atoms with Crippen LogP contribution in [0.25, 0.3) is 11.3 Å². The average Bonchev–Trinajstić information content (AvgIpc) is 3.39. The second-order valence-electron chi connectivity index (χ2n) is 8.25. The predicted molar refractivity (Wildman–Crippen MR) is 111 cm³/mol. The molecule has 4 rings (SSSR count). The number of aromatic nitrogens is 2. The summed E-state index contributed by atoms with van der Waals surface area (Å²) in [6.07, 6.45) is 7.32. The number of thioether (sulfide) groups is 1. The molecule has 0 saturated heterocycles. The average molecular weight is 384 g/mol. The second-order valence-corrected chi connectivity index (χ2v) is 9.56. The largest absolute Gasteiger partial charge is 0.352 e. The van der Waals surface area contributed by atoms with Gasteiger partial charge < -0.3 is 9.88 Å². The fourth-order valence-electron chi connectivity index (χ4n) is 4.95. The van der Waals surface area contributed by atoms with Gasteiger partial charge in [0.1, 0.15) is 0 Å². The summed E-state index contributed by atoms with van der Waals surface area (Å²) in [5.41, 5.74) is 2.21. The van der Waals surface area contributed by atoms with Crippen molar-refractivity contribution < 1.29 is 4.79 Å². The summed E-state index contributed by atoms with van der Waals surface area (Å²) in [7, 11) is 2.01. The fraction of sp³-hybridized carbons (Fsp3) is 0.545. The quantitative estimate of drug-likeness (QED) is 0.747. The number of nitrogens with zero attached hydrogens (tertiary/aromatic N) is 2. The van der Waals surface area contributed by atoms with Crippen molar-refractivity contribution in [2.75, 3.05) is 0 Å². The molecule has 2 fully saturated rings. The minimum absolute atomic E-state index is 0.125. The Kier molecular flexibility index (Phi) is 5.31. The SMILES string of the molecule is CC(Sc1ncc(-c2ccccc2)n1C)C(=O)NC(C)C1CC2CCC1C2. The van der Waals surface area contributed by atoms with Gasteiger partial charge in [0.2, 0.25) is 5.91 Å². The topological polar surface area (TPSA) is 46.9 Å². The highest BCUT2D eigenvalue weighted by Crippen LogP contribution is 2.49. The summed E-state index contributed by atoms with van der Waals surface area (Å²) in [4.78, 5) is 17.3. The van der Waals surface area contributed by atoms with Crippen LogP contribution in [0.4, 0.5) is 0 Å². The van der Waals surface area contributed by atoms with Crippen LogP contribution >= 0.6 is 11.8 Å². The normalized spacial score (nSPS) is 26.1. The van der Waals surface area contributed by atoms with Crippen LogP contribution in [0.3, 0.4) is 0 Å². The van der Waals surface area contributed by atoms with Gasteiger partial charge in [-0.05, 0) is 56.4 Å². The van der Waals surface area contributed by atoms with Crippen LogP contribution in [0.5, 0.6) is 0 Å². The molecule has 1 aromatic carbocycles. The van der Waals surface area contributed by atoms with Gasteiger partial charge in [0.25, 0.3) is 0 Å². The van der Waals surface area contributed by atoms with E-state index in [2.05, 4.69) is 33.9 Å². The van der Waals surface area contributed by atoms with Gasteiger partial charge in [0, 0.05) is 13.1 Å². The van der Waals surface area contributed by atoms with Crippen LogP contribution in [0.1, 0.15) is 39.5 Å². The first-order valence-electron chi connectivity index (χ1n) is 10.1. The number of hydrogen-bond donors (Lipinski definition) is 1. The van der Waals surface area contributed by atoms with E-state index in [9.17, 15) is 4.79 Å². The fourth-order valence-corrected chi connectivity index (χ4v) is 5.81. The van der Waals surface area contributed by atoms with Crippen LogP contribution in [-0.2, 0) is 11.8 Å². The van der Waals surface area contributed by atoms with Crippen molar-refractivity contribution in [1.29, 1.82) is 0 Å². The van der Waals surface area contributed by atoms with E-state index >= 15 is 0 Å². The number of nitrogens with one attached hydrogen (secondary N) is 1. The number of amides is 1. The van der Waals surface area contributed by atoms with E-state index in [1.165, 1.54) is 37.4 Å². The number of carbonyl (C=O) groups excluding carboxylic acids is 1. The lowest BCUT2D eigenvalue weighted by molar-refractivity contribution is -0.121. The Hall–Kier alpha value is -1.75. The Bertz CT molecular complexity index is 803. The number of benzene rings is 1. The van der Waals surface area contributed by atoms with Crippen LogP contribution in [0.15, 0.2) is 41.7 Å². The van der Waals surface area contributed by atoms with Crippen molar-refractivity contribution in [3.8, 4) is 11.3 Å². The number of rotatable bonds is 6. The molecule has 144 valence electrons. The van der Waals surface area contributed by atoms with Crippen molar-refractivity contribution in [3.63, 3.8) is 0 Å². The van der Waals surface area contributed by atoms with E-state index < -0.39 is 0 Å². The van der Waals surface area contributed by atoms with Gasteiger partial charge in [0.05, 0.1) is 17.1 Å². The molecule has 0 radical (unpaired) electrons. The molecule has 2 aliphatic carbocycles. The first kappa shape index (κ1) is 18.6. The maximum atomic E-state index is 12.7. The van der Waals surface area contributed by atoms with Crippen molar-refractivity contribution in [2.45, 2.75) is 56.0 Å². The highest BCUT2D eigenvalue weighted by Gasteiger charge is 2.42. The summed E-state index contributed by atoms with van der Waals surface area (Å²) in [6.45, 7) is 4.17. The summed E-state index contributed by atoms with van der Waals surface area (Å²) in [5.74, 6) is 2.54. The molecule has 0 aliphatic heterocycles. The highest BCUT2D eigenvalue weighted by molar-refractivity contribution is 8.00. The third-order valence-electron chi connectivity index (χ3n) is 6.47. The first-order valence-corrected chi connectivity index (χ1v) is 10.9. The van der Waals surface area contributed by atoms with Gasteiger partial charge in [-0.3, -0.25) is 4.79 Å². The van der Waals surface area contributed by atoms with E-state index in [1.807, 2.05) is 38.4 Å². The molecule has 5 atom stereocenters. The minimum atomic E-state index is -0.157. The van der Waals surface area contributed by atoms with Crippen LogP contribution in [0.2, 0.25) is 0 Å². The summed E-state index contributed by atoms with van der Waals surface area (Å²) < 4.78 is 2.07. The second kappa shape index (κ2) is 7.70. The molecule has 2 bridgehead atoms. The molecule has 2 aromatic rings. The molecule has 5 heteroatoms. The molecule has 0 spiro atoms. The minimum Gasteiger partial charge on any atom is -0.352 e. The molecule has 27 heavy (non-hydrogen) atoms. The van der Waals surface area contributed by atoms with Gasteiger partial charge in [-0.1, -0.05) is 48.5 Å². The third kappa shape index (κ3) is 3.79. The Balaban J connectivity index is 1.37. The lowest BCUT2D eigenvalue weighted by Gasteiger charge is -2.29. The van der Waals surface area contributed by atoms with Gasteiger partial charge in [-0.2, -0.15) is 0 Å². The Morgan fingerprint density at radius 3 is 2.67 bits per heavy atom. The molecular formula is C22H29N3OS. The molecule has 1 amide bonds. The smallest absolute Gasteiger partial charge is 0.233 e. The zero-order valence-corrected chi connectivity index (χ0v) is 17.2. The number of hydrogen-bond acceptors (Lipinski definition) is 3. The molecule has 4 nitrogen and oxygen atoms in total. The Morgan fingerprint density at radius 2 is 2.00 bits per heavy atom. The maximum absolute atomic E-state index is 12.7. The zero-order chi connectivity index (χ0) is 19.0. The van der Waals surface area contributed by atoms with Gasteiger partial charge >= 0.3 is 0 Å². The van der Waals surface area contributed by atoms with E-state index in [1.54, 1.807) is 0 Å².